The van der Waals surface area contributed by atoms with Gasteiger partial charge in [0.15, 0.2) is 5.82 Å². The van der Waals surface area contributed by atoms with Gasteiger partial charge in [-0.05, 0) is 72.7 Å². The number of allylic oxidation sites excluding steroid dienone is 3. The number of benzene rings is 2. The van der Waals surface area contributed by atoms with E-state index in [1.807, 2.05) is 55.5 Å². The third-order valence-corrected chi connectivity index (χ3v) is 6.05. The van der Waals surface area contributed by atoms with Crippen LogP contribution in [0.4, 0.5) is 0 Å². The zero-order chi connectivity index (χ0) is 23.2. The first kappa shape index (κ1) is 22.7. The summed E-state index contributed by atoms with van der Waals surface area (Å²) >= 11 is 0. The second-order valence-corrected chi connectivity index (χ2v) is 8.31. The van der Waals surface area contributed by atoms with Gasteiger partial charge >= 0.3 is 0 Å². The van der Waals surface area contributed by atoms with Gasteiger partial charge in [0.2, 0.25) is 5.88 Å². The highest BCUT2D eigenvalue weighted by Gasteiger charge is 2.23. The number of nitrogens with one attached hydrogen (secondary N) is 1. The van der Waals surface area contributed by atoms with Crippen LogP contribution in [0, 0.1) is 11.8 Å². The van der Waals surface area contributed by atoms with Crippen LogP contribution in [0.2, 0.25) is 0 Å². The van der Waals surface area contributed by atoms with E-state index < -0.39 is 0 Å². The molecule has 0 radical (unpaired) electrons. The molecule has 2 aromatic carbocycles. The molecule has 6 nitrogen and oxygen atoms in total. The topological polar surface area (TPSA) is 73.3 Å². The fourth-order valence-corrected chi connectivity index (χ4v) is 3.89. The zero-order valence-electron chi connectivity index (χ0n) is 19.2. The maximum Gasteiger partial charge on any atom is 0.256 e. The SMILES string of the molecule is C/C=C(\C=C/C1CCC1C)NC(=O)c1cccc2cc(Oc3ccnc(COC)n3)ccc12. The van der Waals surface area contributed by atoms with Crippen LogP contribution in [0.3, 0.4) is 0 Å². The van der Waals surface area contributed by atoms with Crippen molar-refractivity contribution in [1.82, 2.24) is 15.3 Å². The van der Waals surface area contributed by atoms with Crippen LogP contribution in [0.25, 0.3) is 10.8 Å². The largest absolute Gasteiger partial charge is 0.439 e. The van der Waals surface area contributed by atoms with Crippen molar-refractivity contribution in [3.8, 4) is 11.6 Å². The van der Waals surface area contributed by atoms with Crippen molar-refractivity contribution in [2.24, 2.45) is 11.8 Å². The Morgan fingerprint density at radius 3 is 2.82 bits per heavy atom. The third-order valence-electron chi connectivity index (χ3n) is 6.05. The lowest BCUT2D eigenvalue weighted by Crippen LogP contribution is -2.23. The maximum absolute atomic E-state index is 13.0. The number of carbonyl (C=O) groups excluding carboxylic acids is 1. The lowest BCUT2D eigenvalue weighted by atomic mass is 9.75. The van der Waals surface area contributed by atoms with Crippen molar-refractivity contribution in [1.29, 1.82) is 0 Å². The van der Waals surface area contributed by atoms with Crippen molar-refractivity contribution in [3.63, 3.8) is 0 Å². The molecule has 1 aliphatic carbocycles. The number of fused-ring (bicyclic) bond motifs is 1. The average Bonchev–Trinajstić information content (AvgIpc) is 2.82. The first-order valence-corrected chi connectivity index (χ1v) is 11.2. The molecule has 0 saturated heterocycles. The summed E-state index contributed by atoms with van der Waals surface area (Å²) in [6, 6.07) is 13.0. The number of methoxy groups -OCH3 is 1. The Bertz CT molecular complexity index is 1200. The Morgan fingerprint density at radius 2 is 2.09 bits per heavy atom. The molecule has 1 aliphatic rings. The molecule has 0 spiro atoms. The van der Waals surface area contributed by atoms with Crippen molar-refractivity contribution in [2.75, 3.05) is 7.11 Å². The van der Waals surface area contributed by atoms with Crippen LogP contribution in [0.5, 0.6) is 11.6 Å². The molecular weight excluding hydrogens is 414 g/mol. The highest BCUT2D eigenvalue weighted by atomic mass is 16.5. The lowest BCUT2D eigenvalue weighted by molar-refractivity contribution is 0.0968. The highest BCUT2D eigenvalue weighted by Crippen LogP contribution is 2.34. The van der Waals surface area contributed by atoms with Gasteiger partial charge in [0.25, 0.3) is 5.91 Å². The number of carbonyl (C=O) groups is 1. The molecule has 1 heterocycles. The van der Waals surface area contributed by atoms with Crippen molar-refractivity contribution < 1.29 is 14.3 Å². The van der Waals surface area contributed by atoms with Gasteiger partial charge in [-0.25, -0.2) is 4.98 Å². The van der Waals surface area contributed by atoms with Crippen LogP contribution >= 0.6 is 0 Å². The molecule has 1 N–H and O–H groups in total. The number of hydrogen-bond acceptors (Lipinski definition) is 5. The molecule has 1 amide bonds. The minimum absolute atomic E-state index is 0.131. The molecule has 1 aromatic heterocycles. The molecule has 170 valence electrons. The van der Waals surface area contributed by atoms with Gasteiger partial charge in [-0.3, -0.25) is 4.79 Å². The van der Waals surface area contributed by atoms with Crippen molar-refractivity contribution >= 4 is 16.7 Å². The molecular formula is C27H29N3O3. The smallest absolute Gasteiger partial charge is 0.256 e. The summed E-state index contributed by atoms with van der Waals surface area (Å²) in [7, 11) is 1.60. The van der Waals surface area contributed by atoms with Crippen LogP contribution in [0.1, 0.15) is 42.9 Å². The van der Waals surface area contributed by atoms with Crippen LogP contribution in [0.15, 0.2) is 72.6 Å². The Balaban J connectivity index is 1.50. The Hall–Kier alpha value is -3.51. The fraction of sp³-hybridized carbons (Fsp3) is 0.296. The Morgan fingerprint density at radius 1 is 1.21 bits per heavy atom. The van der Waals surface area contributed by atoms with E-state index in [1.54, 1.807) is 19.4 Å². The van der Waals surface area contributed by atoms with E-state index in [2.05, 4.69) is 28.3 Å². The van der Waals surface area contributed by atoms with Gasteiger partial charge in [0, 0.05) is 30.6 Å². The van der Waals surface area contributed by atoms with E-state index in [1.165, 1.54) is 12.8 Å². The average molecular weight is 444 g/mol. The molecule has 1 saturated carbocycles. The summed E-state index contributed by atoms with van der Waals surface area (Å²) in [5.41, 5.74) is 1.43. The second kappa shape index (κ2) is 10.4. The minimum Gasteiger partial charge on any atom is -0.439 e. The minimum atomic E-state index is -0.131. The van der Waals surface area contributed by atoms with Gasteiger partial charge < -0.3 is 14.8 Å². The number of ether oxygens (including phenoxy) is 2. The van der Waals surface area contributed by atoms with E-state index in [0.29, 0.717) is 35.5 Å². The molecule has 2 unspecified atom stereocenters. The van der Waals surface area contributed by atoms with Crippen molar-refractivity contribution in [3.05, 3.63) is 84.0 Å². The quantitative estimate of drug-likeness (QED) is 0.445. The Kier molecular flexibility index (Phi) is 7.15. The summed E-state index contributed by atoms with van der Waals surface area (Å²) in [4.78, 5) is 21.5. The normalized spacial score (nSPS) is 18.3. The van der Waals surface area contributed by atoms with E-state index in [-0.39, 0.29) is 5.91 Å². The fourth-order valence-electron chi connectivity index (χ4n) is 3.89. The number of amides is 1. The summed E-state index contributed by atoms with van der Waals surface area (Å²) < 4.78 is 11.0. The molecule has 4 rings (SSSR count). The molecule has 0 bridgehead atoms. The third kappa shape index (κ3) is 5.46. The summed E-state index contributed by atoms with van der Waals surface area (Å²) in [6.07, 6.45) is 10.3. The molecule has 33 heavy (non-hydrogen) atoms. The predicted octanol–water partition coefficient (Wildman–Crippen LogP) is 5.80. The van der Waals surface area contributed by atoms with Gasteiger partial charge in [0.1, 0.15) is 12.4 Å². The summed E-state index contributed by atoms with van der Waals surface area (Å²) in [5.74, 6) is 2.82. The van der Waals surface area contributed by atoms with Gasteiger partial charge in [0.05, 0.1) is 0 Å². The predicted molar refractivity (Wildman–Crippen MR) is 129 cm³/mol. The van der Waals surface area contributed by atoms with E-state index in [9.17, 15) is 4.79 Å². The maximum atomic E-state index is 13.0. The first-order chi connectivity index (χ1) is 16.1. The molecule has 1 fully saturated rings. The van der Waals surface area contributed by atoms with Gasteiger partial charge in [-0.2, -0.15) is 4.98 Å². The lowest BCUT2D eigenvalue weighted by Gasteiger charge is -2.31. The van der Waals surface area contributed by atoms with E-state index in [4.69, 9.17) is 9.47 Å². The molecule has 3 aromatic rings. The van der Waals surface area contributed by atoms with Gasteiger partial charge in [-0.15, -0.1) is 0 Å². The first-order valence-electron chi connectivity index (χ1n) is 11.2. The number of hydrogen-bond donors (Lipinski definition) is 1. The zero-order valence-corrected chi connectivity index (χ0v) is 19.2. The molecule has 2 atom stereocenters. The number of rotatable bonds is 8. The summed E-state index contributed by atoms with van der Waals surface area (Å²) in [5, 5.41) is 4.81. The number of aromatic nitrogens is 2. The van der Waals surface area contributed by atoms with Crippen LogP contribution in [-0.2, 0) is 11.3 Å². The molecule has 6 heteroatoms. The Labute approximate surface area is 194 Å². The monoisotopic (exact) mass is 443 g/mol. The second-order valence-electron chi connectivity index (χ2n) is 8.31. The van der Waals surface area contributed by atoms with Gasteiger partial charge in [-0.1, -0.05) is 31.2 Å². The van der Waals surface area contributed by atoms with E-state index in [0.717, 1.165) is 22.4 Å². The highest BCUT2D eigenvalue weighted by molar-refractivity contribution is 6.08. The molecule has 0 aliphatic heterocycles. The summed E-state index contributed by atoms with van der Waals surface area (Å²) in [6.45, 7) is 4.52. The van der Waals surface area contributed by atoms with Crippen LogP contribution < -0.4 is 10.1 Å². The van der Waals surface area contributed by atoms with Crippen LogP contribution in [-0.4, -0.2) is 23.0 Å². The number of nitrogens with zero attached hydrogens (tertiary/aromatic N) is 2. The van der Waals surface area contributed by atoms with E-state index >= 15 is 0 Å². The standard InChI is InChI=1S/C27H29N3O3/c1-4-21(11-10-19-9-8-18(19)2)29-27(31)24-7-5-6-20-16-22(12-13-23(20)24)33-26-14-15-28-25(30-26)17-32-3/h4-7,10-16,18-19H,8-9,17H2,1-3H3,(H,29,31)/b11-10-,21-4+. The van der Waals surface area contributed by atoms with Crippen molar-refractivity contribution in [2.45, 2.75) is 33.3 Å².